The van der Waals surface area contributed by atoms with E-state index in [1.807, 2.05) is 81.4 Å². The molecule has 0 spiro atoms. The highest BCUT2D eigenvalue weighted by molar-refractivity contribution is 7.80. The predicted octanol–water partition coefficient (Wildman–Crippen LogP) is 5.65. The molecule has 1 unspecified atom stereocenters. The third kappa shape index (κ3) is 8.00. The van der Waals surface area contributed by atoms with Crippen LogP contribution in [-0.4, -0.2) is 29.9 Å². The van der Waals surface area contributed by atoms with Crippen LogP contribution >= 0.6 is 12.6 Å². The van der Waals surface area contributed by atoms with E-state index in [-0.39, 0.29) is 29.9 Å². The van der Waals surface area contributed by atoms with E-state index in [1.165, 1.54) is 0 Å². The van der Waals surface area contributed by atoms with Gasteiger partial charge in [0.15, 0.2) is 0 Å². The summed E-state index contributed by atoms with van der Waals surface area (Å²) in [6.07, 6.45) is 1.24. The molecule has 0 radical (unpaired) electrons. The summed E-state index contributed by atoms with van der Waals surface area (Å²) in [7, 11) is 0. The van der Waals surface area contributed by atoms with Crippen LogP contribution in [0.4, 0.5) is 9.59 Å². The van der Waals surface area contributed by atoms with Crippen LogP contribution in [0.5, 0.6) is 0 Å². The van der Waals surface area contributed by atoms with Gasteiger partial charge in [0, 0.05) is 17.3 Å². The van der Waals surface area contributed by atoms with Crippen LogP contribution in [0, 0.1) is 5.92 Å². The Bertz CT molecular complexity index is 902. The Hall–Kier alpha value is -2.67. The molecule has 1 aliphatic rings. The molecule has 4 atom stereocenters. The summed E-state index contributed by atoms with van der Waals surface area (Å²) < 4.78 is 10.9. The molecule has 1 saturated carbocycles. The van der Waals surface area contributed by atoms with Crippen molar-refractivity contribution in [2.75, 3.05) is 0 Å². The van der Waals surface area contributed by atoms with E-state index in [2.05, 4.69) is 10.6 Å². The van der Waals surface area contributed by atoms with Crippen molar-refractivity contribution < 1.29 is 19.1 Å². The van der Waals surface area contributed by atoms with Crippen molar-refractivity contribution >= 4 is 24.8 Å². The standard InChI is InChI=1S/C26H34N2O4S/c1-26(2,3)32-25(30)27-20-14-15-22(21(16-20)23(33)19-12-8-5-9-13-19)28-24(29)31-17-18-10-6-4-7-11-18/h4-13,20-23,33H,14-17H2,1-3H3,(H,27,30)(H,28,29)/t20-,21+,22+,23?/m1/s1. The Morgan fingerprint density at radius 3 is 2.24 bits per heavy atom. The minimum atomic E-state index is -0.555. The lowest BCUT2D eigenvalue weighted by atomic mass is 9.78. The first-order valence-corrected chi connectivity index (χ1v) is 11.9. The fraction of sp³-hybridized carbons (Fsp3) is 0.462. The first kappa shape index (κ1) is 25.0. The SMILES string of the molecule is CC(C)(C)OC(=O)N[C@@H]1CC[C@H](NC(=O)OCc2ccccc2)[C@@H](C(S)c2ccccc2)C1. The van der Waals surface area contributed by atoms with Gasteiger partial charge in [-0.2, -0.15) is 12.6 Å². The molecule has 2 aromatic carbocycles. The second-order valence-corrected chi connectivity index (χ2v) is 10.0. The van der Waals surface area contributed by atoms with E-state index in [0.717, 1.165) is 17.5 Å². The summed E-state index contributed by atoms with van der Waals surface area (Å²) in [4.78, 5) is 24.9. The van der Waals surface area contributed by atoms with Gasteiger partial charge in [-0.1, -0.05) is 60.7 Å². The van der Waals surface area contributed by atoms with Crippen molar-refractivity contribution in [3.63, 3.8) is 0 Å². The first-order chi connectivity index (χ1) is 15.7. The number of ether oxygens (including phenoxy) is 2. The predicted molar refractivity (Wildman–Crippen MR) is 132 cm³/mol. The van der Waals surface area contributed by atoms with E-state index in [4.69, 9.17) is 22.1 Å². The zero-order valence-corrected chi connectivity index (χ0v) is 20.4. The number of benzene rings is 2. The lowest BCUT2D eigenvalue weighted by Crippen LogP contribution is -2.50. The number of amides is 2. The maximum atomic E-state index is 12.6. The average Bonchev–Trinajstić information content (AvgIpc) is 2.78. The van der Waals surface area contributed by atoms with Crippen molar-refractivity contribution in [1.82, 2.24) is 10.6 Å². The van der Waals surface area contributed by atoms with E-state index in [9.17, 15) is 9.59 Å². The van der Waals surface area contributed by atoms with Crippen LogP contribution in [0.3, 0.4) is 0 Å². The van der Waals surface area contributed by atoms with Crippen LogP contribution in [0.15, 0.2) is 60.7 Å². The Balaban J connectivity index is 1.65. The molecule has 2 aromatic rings. The second-order valence-electron chi connectivity index (χ2n) is 9.49. The van der Waals surface area contributed by atoms with Crippen molar-refractivity contribution in [2.24, 2.45) is 5.92 Å². The normalized spacial score (nSPS) is 21.5. The van der Waals surface area contributed by atoms with Gasteiger partial charge in [0.05, 0.1) is 0 Å². The third-order valence-electron chi connectivity index (χ3n) is 5.68. The molecule has 1 aliphatic carbocycles. The lowest BCUT2D eigenvalue weighted by Gasteiger charge is -2.39. The minimum absolute atomic E-state index is 0.00805. The molecule has 6 nitrogen and oxygen atoms in total. The van der Waals surface area contributed by atoms with Crippen LogP contribution in [0.2, 0.25) is 0 Å². The summed E-state index contributed by atoms with van der Waals surface area (Å²) in [5.74, 6) is 0.00805. The van der Waals surface area contributed by atoms with Gasteiger partial charge in [-0.05, 0) is 57.1 Å². The highest BCUT2D eigenvalue weighted by Crippen LogP contribution is 2.39. The second kappa shape index (κ2) is 11.5. The maximum absolute atomic E-state index is 12.6. The molecule has 7 heteroatoms. The highest BCUT2D eigenvalue weighted by Gasteiger charge is 2.37. The topological polar surface area (TPSA) is 76.7 Å². The van der Waals surface area contributed by atoms with E-state index < -0.39 is 17.8 Å². The van der Waals surface area contributed by atoms with E-state index in [0.29, 0.717) is 12.8 Å². The van der Waals surface area contributed by atoms with Crippen LogP contribution in [0.1, 0.15) is 56.4 Å². The monoisotopic (exact) mass is 470 g/mol. The summed E-state index contributed by atoms with van der Waals surface area (Å²) in [6.45, 7) is 5.75. The number of hydrogen-bond donors (Lipinski definition) is 3. The minimum Gasteiger partial charge on any atom is -0.445 e. The average molecular weight is 471 g/mol. The summed E-state index contributed by atoms with van der Waals surface area (Å²) in [5.41, 5.74) is 1.46. The van der Waals surface area contributed by atoms with E-state index >= 15 is 0 Å². The molecule has 0 bridgehead atoms. The van der Waals surface area contributed by atoms with Gasteiger partial charge in [0.2, 0.25) is 0 Å². The molecule has 1 fully saturated rings. The Morgan fingerprint density at radius 2 is 1.61 bits per heavy atom. The molecule has 2 N–H and O–H groups in total. The zero-order valence-electron chi connectivity index (χ0n) is 19.5. The molecule has 0 aromatic heterocycles. The molecular formula is C26H34N2O4S. The molecule has 178 valence electrons. The van der Waals surface area contributed by atoms with Crippen molar-refractivity contribution in [3.8, 4) is 0 Å². The third-order valence-corrected chi connectivity index (χ3v) is 6.36. The summed E-state index contributed by atoms with van der Waals surface area (Å²) in [5, 5.41) is 5.94. The number of carbonyl (C=O) groups excluding carboxylic acids is 2. The van der Waals surface area contributed by atoms with Gasteiger partial charge in [0.25, 0.3) is 0 Å². The Kier molecular flexibility index (Phi) is 8.67. The van der Waals surface area contributed by atoms with E-state index in [1.54, 1.807) is 0 Å². The number of rotatable bonds is 6. The van der Waals surface area contributed by atoms with Crippen molar-refractivity contribution in [1.29, 1.82) is 0 Å². The molecule has 33 heavy (non-hydrogen) atoms. The van der Waals surface area contributed by atoms with Crippen molar-refractivity contribution in [3.05, 3.63) is 71.8 Å². The Morgan fingerprint density at radius 1 is 0.970 bits per heavy atom. The number of thiol groups is 1. The molecule has 0 heterocycles. The Labute approximate surface area is 201 Å². The zero-order chi connectivity index (χ0) is 23.8. The number of hydrogen-bond acceptors (Lipinski definition) is 5. The number of carbonyl (C=O) groups is 2. The molecule has 0 saturated heterocycles. The number of nitrogens with one attached hydrogen (secondary N) is 2. The fourth-order valence-electron chi connectivity index (χ4n) is 4.15. The molecule has 0 aliphatic heterocycles. The molecule has 2 amide bonds. The van der Waals surface area contributed by atoms with Crippen LogP contribution in [-0.2, 0) is 16.1 Å². The van der Waals surface area contributed by atoms with Gasteiger partial charge < -0.3 is 20.1 Å². The quantitative estimate of drug-likeness (QED) is 0.477. The number of alkyl carbamates (subject to hydrolysis) is 2. The first-order valence-electron chi connectivity index (χ1n) is 11.4. The lowest BCUT2D eigenvalue weighted by molar-refractivity contribution is 0.0474. The van der Waals surface area contributed by atoms with Gasteiger partial charge in [-0.25, -0.2) is 9.59 Å². The molecular weight excluding hydrogens is 436 g/mol. The highest BCUT2D eigenvalue weighted by atomic mass is 32.1. The largest absolute Gasteiger partial charge is 0.445 e. The van der Waals surface area contributed by atoms with Gasteiger partial charge in [-0.3, -0.25) is 0 Å². The van der Waals surface area contributed by atoms with Gasteiger partial charge in [0.1, 0.15) is 12.2 Å². The van der Waals surface area contributed by atoms with Crippen molar-refractivity contribution in [2.45, 2.75) is 69.6 Å². The van der Waals surface area contributed by atoms with Gasteiger partial charge in [-0.15, -0.1) is 0 Å². The summed E-state index contributed by atoms with van der Waals surface area (Å²) in [6, 6.07) is 19.4. The maximum Gasteiger partial charge on any atom is 0.407 e. The van der Waals surface area contributed by atoms with Gasteiger partial charge >= 0.3 is 12.2 Å². The van der Waals surface area contributed by atoms with Crippen LogP contribution in [0.25, 0.3) is 0 Å². The summed E-state index contributed by atoms with van der Waals surface area (Å²) >= 11 is 4.92. The fourth-order valence-corrected chi connectivity index (χ4v) is 4.65. The smallest absolute Gasteiger partial charge is 0.407 e. The van der Waals surface area contributed by atoms with Crippen LogP contribution < -0.4 is 10.6 Å². The molecule has 3 rings (SSSR count).